The normalized spacial score (nSPS) is 15.6. The van der Waals surface area contributed by atoms with Crippen LogP contribution in [-0.2, 0) is 17.8 Å². The lowest BCUT2D eigenvalue weighted by Crippen LogP contribution is -2.33. The van der Waals surface area contributed by atoms with E-state index in [0.29, 0.717) is 0 Å². The number of pyridine rings is 1. The predicted octanol–water partition coefficient (Wildman–Crippen LogP) is 3.76. The number of ether oxygens (including phenoxy) is 1. The molecule has 0 amide bonds. The van der Waals surface area contributed by atoms with Crippen molar-refractivity contribution in [3.05, 3.63) is 33.6 Å². The highest BCUT2D eigenvalue weighted by Gasteiger charge is 2.21. The SMILES string of the molecule is CON=C1CCN(Cc2cc(OC)c3c4c(c(=O)[nH]c3c2)CCCN4)CC1.Cl.Cl.Cl. The minimum Gasteiger partial charge on any atom is -0.496 e. The van der Waals surface area contributed by atoms with Crippen LogP contribution in [0.2, 0.25) is 0 Å². The van der Waals surface area contributed by atoms with Crippen LogP contribution >= 0.6 is 37.2 Å². The molecule has 2 aliphatic rings. The summed E-state index contributed by atoms with van der Waals surface area (Å²) in [5.74, 6) is 0.808. The Morgan fingerprint density at radius 2 is 1.83 bits per heavy atom. The molecular weight excluding hydrogens is 451 g/mol. The molecule has 0 aliphatic carbocycles. The van der Waals surface area contributed by atoms with Crippen molar-refractivity contribution in [1.82, 2.24) is 9.88 Å². The molecule has 0 atom stereocenters. The Hall–Kier alpha value is -1.67. The highest BCUT2D eigenvalue weighted by molar-refractivity contribution is 5.98. The van der Waals surface area contributed by atoms with Gasteiger partial charge < -0.3 is 19.9 Å². The van der Waals surface area contributed by atoms with Crippen molar-refractivity contribution in [2.45, 2.75) is 32.2 Å². The van der Waals surface area contributed by atoms with E-state index >= 15 is 0 Å². The fourth-order valence-electron chi connectivity index (χ4n) is 4.10. The Kier molecular flexibility index (Phi) is 10.2. The zero-order valence-electron chi connectivity index (χ0n) is 17.2. The molecule has 2 N–H and O–H groups in total. The molecule has 0 radical (unpaired) electrons. The van der Waals surface area contributed by atoms with E-state index in [1.54, 1.807) is 14.2 Å². The van der Waals surface area contributed by atoms with Crippen molar-refractivity contribution in [2.75, 3.05) is 39.2 Å². The van der Waals surface area contributed by atoms with E-state index in [1.165, 1.54) is 0 Å². The van der Waals surface area contributed by atoms with Crippen molar-refractivity contribution >= 4 is 59.5 Å². The molecule has 2 aliphatic heterocycles. The van der Waals surface area contributed by atoms with Crippen LogP contribution in [-0.4, -0.2) is 49.4 Å². The zero-order valence-corrected chi connectivity index (χ0v) is 19.6. The topological polar surface area (TPSA) is 79.0 Å². The summed E-state index contributed by atoms with van der Waals surface area (Å²) in [5, 5.41) is 8.45. The van der Waals surface area contributed by atoms with E-state index in [1.807, 2.05) is 0 Å². The molecule has 10 heteroatoms. The van der Waals surface area contributed by atoms with Crippen molar-refractivity contribution < 1.29 is 9.57 Å². The summed E-state index contributed by atoms with van der Waals surface area (Å²) in [4.78, 5) is 22.8. The molecule has 1 fully saturated rings. The predicted molar refractivity (Wildman–Crippen MR) is 129 cm³/mol. The number of nitrogens with zero attached hydrogens (tertiary/aromatic N) is 2. The number of halogens is 3. The Balaban J connectivity index is 0.00000150. The first-order valence-electron chi connectivity index (χ1n) is 9.50. The molecular formula is C20H29Cl3N4O3. The number of anilines is 1. The summed E-state index contributed by atoms with van der Waals surface area (Å²) in [6, 6.07) is 4.17. The Labute approximate surface area is 194 Å². The first-order valence-corrected chi connectivity index (χ1v) is 9.50. The largest absolute Gasteiger partial charge is 0.496 e. The van der Waals surface area contributed by atoms with E-state index in [9.17, 15) is 4.79 Å². The van der Waals surface area contributed by atoms with Crippen molar-refractivity contribution in [3.63, 3.8) is 0 Å². The number of fused-ring (bicyclic) bond motifs is 3. The first kappa shape index (κ1) is 26.4. The number of hydrogen-bond acceptors (Lipinski definition) is 6. The molecule has 7 nitrogen and oxygen atoms in total. The molecule has 168 valence electrons. The van der Waals surface area contributed by atoms with Crippen LogP contribution in [0, 0.1) is 0 Å². The van der Waals surface area contributed by atoms with E-state index in [-0.39, 0.29) is 42.8 Å². The molecule has 1 aromatic heterocycles. The molecule has 30 heavy (non-hydrogen) atoms. The highest BCUT2D eigenvalue weighted by atomic mass is 35.5. The van der Waals surface area contributed by atoms with Crippen molar-refractivity contribution in [3.8, 4) is 5.75 Å². The number of aromatic nitrogens is 1. The van der Waals surface area contributed by atoms with Gasteiger partial charge in [-0.1, -0.05) is 5.16 Å². The molecule has 4 rings (SSSR count). The molecule has 0 spiro atoms. The minimum absolute atomic E-state index is 0. The van der Waals surface area contributed by atoms with Crippen LogP contribution in [0.1, 0.15) is 30.4 Å². The number of methoxy groups -OCH3 is 1. The standard InChI is InChI=1S/C20H26N4O3.3ClH/c1-26-17-11-13(12-24-8-5-14(6-9-24)23-27-2)10-16-18(17)19-15(20(25)22-16)4-3-7-21-19;;;/h10-11,21H,3-9,12H2,1-2H3,(H,22,25);3*1H. The number of oxime groups is 1. The second-order valence-electron chi connectivity index (χ2n) is 7.17. The summed E-state index contributed by atoms with van der Waals surface area (Å²) < 4.78 is 5.70. The maximum Gasteiger partial charge on any atom is 0.253 e. The van der Waals surface area contributed by atoms with Gasteiger partial charge in [0.2, 0.25) is 0 Å². The first-order chi connectivity index (χ1) is 13.2. The number of benzene rings is 1. The number of nitrogens with one attached hydrogen (secondary N) is 2. The van der Waals surface area contributed by atoms with Gasteiger partial charge in [0.25, 0.3) is 5.56 Å². The molecule has 0 saturated carbocycles. The third kappa shape index (κ3) is 5.32. The van der Waals surface area contributed by atoms with Crippen LogP contribution in [0.4, 0.5) is 5.69 Å². The highest BCUT2D eigenvalue weighted by Crippen LogP contribution is 2.35. The van der Waals surface area contributed by atoms with Crippen LogP contribution in [0.25, 0.3) is 10.9 Å². The van der Waals surface area contributed by atoms with Gasteiger partial charge in [0, 0.05) is 44.6 Å². The molecule has 3 heterocycles. The van der Waals surface area contributed by atoms with Crippen molar-refractivity contribution in [1.29, 1.82) is 0 Å². The Bertz CT molecular complexity index is 939. The molecule has 1 aromatic carbocycles. The minimum atomic E-state index is 0. The third-order valence-corrected chi connectivity index (χ3v) is 5.42. The Morgan fingerprint density at radius 1 is 1.10 bits per heavy atom. The number of hydrogen-bond donors (Lipinski definition) is 2. The summed E-state index contributed by atoms with van der Waals surface area (Å²) in [5.41, 5.74) is 4.86. The van der Waals surface area contributed by atoms with Gasteiger partial charge in [-0.3, -0.25) is 9.69 Å². The van der Waals surface area contributed by atoms with Crippen LogP contribution in [0.3, 0.4) is 0 Å². The van der Waals surface area contributed by atoms with E-state index in [4.69, 9.17) is 9.57 Å². The van der Waals surface area contributed by atoms with Gasteiger partial charge in [-0.25, -0.2) is 0 Å². The quantitative estimate of drug-likeness (QED) is 0.653. The number of likely N-dealkylation sites (tertiary alicyclic amines) is 1. The number of aromatic amines is 1. The second kappa shape index (κ2) is 11.6. The fourth-order valence-corrected chi connectivity index (χ4v) is 4.10. The maximum absolute atomic E-state index is 12.5. The lowest BCUT2D eigenvalue weighted by molar-refractivity contribution is 0.204. The van der Waals surface area contributed by atoms with Gasteiger partial charge in [-0.2, -0.15) is 0 Å². The van der Waals surface area contributed by atoms with Gasteiger partial charge in [-0.15, -0.1) is 37.2 Å². The average molecular weight is 480 g/mol. The maximum atomic E-state index is 12.5. The summed E-state index contributed by atoms with van der Waals surface area (Å²) >= 11 is 0. The van der Waals surface area contributed by atoms with Crippen LogP contribution in [0.15, 0.2) is 22.1 Å². The zero-order chi connectivity index (χ0) is 18.8. The van der Waals surface area contributed by atoms with Gasteiger partial charge in [0.15, 0.2) is 0 Å². The van der Waals surface area contributed by atoms with Gasteiger partial charge in [-0.05, 0) is 30.5 Å². The average Bonchev–Trinajstić information content (AvgIpc) is 2.69. The summed E-state index contributed by atoms with van der Waals surface area (Å²) in [7, 11) is 3.28. The Morgan fingerprint density at radius 3 is 2.50 bits per heavy atom. The third-order valence-electron chi connectivity index (χ3n) is 5.42. The van der Waals surface area contributed by atoms with E-state index < -0.39 is 0 Å². The fraction of sp³-hybridized carbons (Fsp3) is 0.500. The van der Waals surface area contributed by atoms with Gasteiger partial charge in [0.05, 0.1) is 29.4 Å². The smallest absolute Gasteiger partial charge is 0.253 e. The lowest BCUT2D eigenvalue weighted by Gasteiger charge is -2.27. The van der Waals surface area contributed by atoms with Crippen LogP contribution < -0.4 is 15.6 Å². The monoisotopic (exact) mass is 478 g/mol. The van der Waals surface area contributed by atoms with Gasteiger partial charge in [0.1, 0.15) is 12.9 Å². The number of rotatable bonds is 4. The van der Waals surface area contributed by atoms with E-state index in [2.05, 4.69) is 32.5 Å². The van der Waals surface area contributed by atoms with Gasteiger partial charge >= 0.3 is 0 Å². The lowest BCUT2D eigenvalue weighted by atomic mass is 9.99. The number of piperidine rings is 1. The molecule has 0 bridgehead atoms. The molecule has 1 saturated heterocycles. The summed E-state index contributed by atoms with van der Waals surface area (Å²) in [6.45, 7) is 3.60. The second-order valence-corrected chi connectivity index (χ2v) is 7.17. The molecule has 0 unspecified atom stereocenters. The number of H-pyrrole nitrogens is 1. The van der Waals surface area contributed by atoms with E-state index in [0.717, 1.165) is 91.0 Å². The summed E-state index contributed by atoms with van der Waals surface area (Å²) in [6.07, 6.45) is 3.63. The van der Waals surface area contributed by atoms with Crippen LogP contribution in [0.5, 0.6) is 5.75 Å². The van der Waals surface area contributed by atoms with Crippen molar-refractivity contribution in [2.24, 2.45) is 5.16 Å². The molecule has 2 aromatic rings.